The van der Waals surface area contributed by atoms with Crippen LogP contribution in [0.25, 0.3) is 16.7 Å². The predicted molar refractivity (Wildman–Crippen MR) is 164 cm³/mol. The average molecular weight is 520 g/mol. The third-order valence-corrected chi connectivity index (χ3v) is 10.4. The van der Waals surface area contributed by atoms with E-state index in [1.807, 2.05) is 25.7 Å². The molecule has 3 aromatic carbocycles. The van der Waals surface area contributed by atoms with Crippen molar-refractivity contribution < 1.29 is 0 Å². The van der Waals surface area contributed by atoms with Crippen LogP contribution in [-0.2, 0) is 10.8 Å². The number of benzene rings is 3. The van der Waals surface area contributed by atoms with Crippen LogP contribution in [0.3, 0.4) is 0 Å². The number of rotatable bonds is 4. The second-order valence-corrected chi connectivity index (χ2v) is 13.2. The van der Waals surface area contributed by atoms with Gasteiger partial charge in [-0.2, -0.15) is 0 Å². The molecule has 0 N–H and O–H groups in total. The second-order valence-electron chi connectivity index (χ2n) is 11.5. The molecule has 0 atom stereocenters. The Bertz CT molecular complexity index is 1580. The summed E-state index contributed by atoms with van der Waals surface area (Å²) in [7, 11) is 5.66. The maximum atomic E-state index is 4.36. The van der Waals surface area contributed by atoms with Crippen molar-refractivity contribution in [3.05, 3.63) is 100 Å². The summed E-state index contributed by atoms with van der Waals surface area (Å²) in [6.07, 6.45) is 7.01. The minimum absolute atomic E-state index is 0.0593. The van der Waals surface area contributed by atoms with E-state index in [2.05, 4.69) is 108 Å². The Kier molecular flexibility index (Phi) is 5.79. The molecule has 0 aromatic heterocycles. The highest BCUT2D eigenvalue weighted by Gasteiger charge is 2.38. The maximum Gasteiger partial charge on any atom is 0.0432 e. The van der Waals surface area contributed by atoms with Crippen LogP contribution >= 0.6 is 20.6 Å². The molecule has 0 spiro atoms. The Labute approximate surface area is 228 Å². The number of aliphatic imine (C=N–C) groups is 1. The molecular weight excluding hydrogens is 485 g/mol. The average Bonchev–Trinajstić information content (AvgIpc) is 3.27. The van der Waals surface area contributed by atoms with Crippen LogP contribution in [0.4, 0.5) is 0 Å². The van der Waals surface area contributed by atoms with Crippen LogP contribution in [0.15, 0.2) is 87.1 Å². The minimum atomic E-state index is -0.0593. The molecule has 0 radical (unpaired) electrons. The lowest BCUT2D eigenvalue weighted by Gasteiger charge is -2.26. The van der Waals surface area contributed by atoms with Gasteiger partial charge >= 0.3 is 0 Å². The van der Waals surface area contributed by atoms with Gasteiger partial charge in [0.1, 0.15) is 0 Å². The van der Waals surface area contributed by atoms with Gasteiger partial charge in [-0.05, 0) is 94.6 Å². The van der Waals surface area contributed by atoms with Gasteiger partial charge in [-0.1, -0.05) is 81.4 Å². The minimum Gasteiger partial charge on any atom is -0.292 e. The molecule has 0 amide bonds. The molecule has 3 heteroatoms. The summed E-state index contributed by atoms with van der Waals surface area (Å²) in [6.45, 7) is 11.5. The van der Waals surface area contributed by atoms with Crippen LogP contribution in [-0.4, -0.2) is 18.1 Å². The Hall–Kier alpha value is -2.67. The van der Waals surface area contributed by atoms with Gasteiger partial charge in [0.05, 0.1) is 0 Å². The highest BCUT2D eigenvalue weighted by molar-refractivity contribution is 7.99. The quantitative estimate of drug-likeness (QED) is 0.247. The van der Waals surface area contributed by atoms with Gasteiger partial charge in [0, 0.05) is 38.7 Å². The van der Waals surface area contributed by atoms with Crippen LogP contribution in [0.5, 0.6) is 0 Å². The van der Waals surface area contributed by atoms with E-state index in [-0.39, 0.29) is 10.8 Å². The summed E-state index contributed by atoms with van der Waals surface area (Å²) < 4.78 is 0. The number of nitrogens with zero attached hydrogens (tertiary/aromatic N) is 1. The number of hydrogen-bond donors (Lipinski definition) is 0. The topological polar surface area (TPSA) is 12.4 Å². The molecule has 0 bridgehead atoms. The molecule has 0 aliphatic heterocycles. The molecule has 3 aliphatic carbocycles. The Morgan fingerprint density at radius 1 is 0.811 bits per heavy atom. The summed E-state index contributed by atoms with van der Waals surface area (Å²) >= 11 is 1.88. The fraction of sp³-hybridized carbons (Fsp3) is 0.294. The number of fused-ring (bicyclic) bond motifs is 5. The van der Waals surface area contributed by atoms with Gasteiger partial charge < -0.3 is 0 Å². The fourth-order valence-corrected chi connectivity index (χ4v) is 7.62. The molecular formula is C34H34NPS. The van der Waals surface area contributed by atoms with Crippen molar-refractivity contribution in [1.29, 1.82) is 0 Å². The molecule has 0 saturated carbocycles. The summed E-state index contributed by atoms with van der Waals surface area (Å²) in [4.78, 5) is 6.98. The molecule has 0 fully saturated rings. The van der Waals surface area contributed by atoms with Crippen molar-refractivity contribution in [2.75, 3.05) is 7.05 Å². The summed E-state index contributed by atoms with van der Waals surface area (Å²) in [5.41, 5.74) is 13.7. The lowest BCUT2D eigenvalue weighted by molar-refractivity contribution is 0.606. The zero-order valence-corrected chi connectivity index (χ0v) is 24.4. The lowest BCUT2D eigenvalue weighted by atomic mass is 9.79. The lowest BCUT2D eigenvalue weighted by Crippen LogP contribution is -2.17. The summed E-state index contributed by atoms with van der Waals surface area (Å²) in [5, 5.41) is 1.06. The molecule has 186 valence electrons. The molecule has 0 heterocycles. The Morgan fingerprint density at radius 3 is 2.08 bits per heavy atom. The highest BCUT2D eigenvalue weighted by atomic mass is 32.2. The first kappa shape index (κ1) is 24.7. The van der Waals surface area contributed by atoms with Crippen LogP contribution in [0.1, 0.15) is 75.3 Å². The number of allylic oxidation sites excluding steroid dienone is 4. The third-order valence-electron chi connectivity index (χ3n) is 8.75. The van der Waals surface area contributed by atoms with Crippen LogP contribution < -0.4 is 0 Å². The molecule has 3 aromatic rings. The number of hydrogen-bond acceptors (Lipinski definition) is 2. The van der Waals surface area contributed by atoms with Crippen molar-refractivity contribution in [3.63, 3.8) is 0 Å². The fourth-order valence-electron chi connectivity index (χ4n) is 6.46. The van der Waals surface area contributed by atoms with E-state index in [1.165, 1.54) is 60.7 Å². The maximum absolute atomic E-state index is 4.36. The Balaban J connectivity index is 1.33. The van der Waals surface area contributed by atoms with E-state index in [4.69, 9.17) is 0 Å². The molecule has 0 unspecified atom stereocenters. The Morgan fingerprint density at radius 2 is 1.41 bits per heavy atom. The molecule has 1 nitrogen and oxygen atoms in total. The van der Waals surface area contributed by atoms with E-state index < -0.39 is 0 Å². The summed E-state index contributed by atoms with van der Waals surface area (Å²) in [5.74, 6) is 0. The third kappa shape index (κ3) is 3.76. The van der Waals surface area contributed by atoms with E-state index in [0.717, 1.165) is 17.4 Å². The van der Waals surface area contributed by atoms with Gasteiger partial charge in [-0.25, -0.2) is 0 Å². The van der Waals surface area contributed by atoms with Crippen molar-refractivity contribution in [3.8, 4) is 11.1 Å². The normalized spacial score (nSPS) is 18.4. The smallest absolute Gasteiger partial charge is 0.0432 e. The van der Waals surface area contributed by atoms with Gasteiger partial charge in [0.2, 0.25) is 0 Å². The van der Waals surface area contributed by atoms with Crippen LogP contribution in [0, 0.1) is 0 Å². The zero-order chi connectivity index (χ0) is 26.1. The van der Waals surface area contributed by atoms with Crippen molar-refractivity contribution in [2.24, 2.45) is 4.99 Å². The predicted octanol–water partition coefficient (Wildman–Crippen LogP) is 9.29. The molecule has 3 aliphatic rings. The van der Waals surface area contributed by atoms with E-state index in [1.54, 1.807) is 5.57 Å². The van der Waals surface area contributed by atoms with Crippen molar-refractivity contribution >= 4 is 37.2 Å². The van der Waals surface area contributed by atoms with E-state index in [0.29, 0.717) is 0 Å². The SMILES string of the molecule is C/N=C(\C)C(=P)c1ccc2c(c1)C(C)(C)c1cc(Sc3ccc4c(c3)C(C)(C)C3=C4C=CCC3)ccc1-2. The molecule has 0 saturated heterocycles. The first-order chi connectivity index (χ1) is 17.6. The second kappa shape index (κ2) is 8.69. The van der Waals surface area contributed by atoms with Gasteiger partial charge in [-0.15, -0.1) is 8.86 Å². The largest absolute Gasteiger partial charge is 0.292 e. The van der Waals surface area contributed by atoms with E-state index in [9.17, 15) is 0 Å². The molecule has 6 rings (SSSR count). The first-order valence-electron chi connectivity index (χ1n) is 13.2. The van der Waals surface area contributed by atoms with E-state index >= 15 is 0 Å². The van der Waals surface area contributed by atoms with Crippen molar-refractivity contribution in [1.82, 2.24) is 0 Å². The van der Waals surface area contributed by atoms with Gasteiger partial charge in [-0.3, -0.25) is 4.99 Å². The van der Waals surface area contributed by atoms with Gasteiger partial charge in [0.15, 0.2) is 0 Å². The first-order valence-corrected chi connectivity index (χ1v) is 14.5. The monoisotopic (exact) mass is 519 g/mol. The highest BCUT2D eigenvalue weighted by Crippen LogP contribution is 2.52. The van der Waals surface area contributed by atoms with Crippen molar-refractivity contribution in [2.45, 2.75) is 68.1 Å². The standard InChI is InChI=1S/C34H34NPS/c1-20(35-6)32(36)21-11-14-25-27-16-13-23(19-31(27)34(4,5)29(25)17-21)37-22-12-15-26-24-9-7-8-10-28(24)33(2,3)30(26)18-22/h7,9,11-19,36H,8,10H2,1-6H3/b35-20+. The van der Waals surface area contributed by atoms with Gasteiger partial charge in [0.25, 0.3) is 0 Å². The zero-order valence-electron chi connectivity index (χ0n) is 22.6. The summed E-state index contributed by atoms with van der Waals surface area (Å²) in [6, 6.07) is 21.0. The van der Waals surface area contributed by atoms with Crippen LogP contribution in [0.2, 0.25) is 0 Å². The molecule has 37 heavy (non-hydrogen) atoms.